The second-order valence-electron chi connectivity index (χ2n) is 12.7. The number of ether oxygens (including phenoxy) is 2. The molecular weight excluding hydrogens is 645 g/mol. The number of benzene rings is 2. The fraction of sp³-hybridized carbons (Fsp3) is 0.297. The molecule has 12 heteroatoms. The van der Waals surface area contributed by atoms with Crippen LogP contribution in [-0.2, 0) is 24.4 Å². The summed E-state index contributed by atoms with van der Waals surface area (Å²) in [7, 11) is 0. The molecule has 2 saturated heterocycles. The smallest absolute Gasteiger partial charge is 0.255 e. The standard InChI is InChI=1S/C37H35ClFN7O3/c38-27-5-4-26(31(39)17-27)22-49-36-3-1-2-32(43-36)24-8-12-44(13-9-24)21-35-42-33-18-28(6-7-34(33)46(35)20-30-11-15-48-30)41-37(47)25-10-14-45-23-40-19-29(45)16-25/h1-7,10,14,16-19,23-24,30H,8-9,11-13,15,20-22H2,(H,41,47)/t30-/m0/s1. The lowest BCUT2D eigenvalue weighted by molar-refractivity contribution is -0.0592. The molecule has 0 radical (unpaired) electrons. The maximum atomic E-state index is 14.2. The van der Waals surface area contributed by atoms with Gasteiger partial charge in [-0.1, -0.05) is 23.7 Å². The minimum atomic E-state index is -0.392. The predicted molar refractivity (Wildman–Crippen MR) is 184 cm³/mol. The van der Waals surface area contributed by atoms with Gasteiger partial charge < -0.3 is 23.8 Å². The molecular formula is C37H35ClFN7O3. The van der Waals surface area contributed by atoms with E-state index >= 15 is 0 Å². The van der Waals surface area contributed by atoms with Crippen LogP contribution in [-0.4, -0.2) is 60.5 Å². The SMILES string of the molecule is O=C(Nc1ccc2c(c1)nc(CN1CCC(c3cccc(OCc4ccc(Cl)cc4F)n3)CC1)n2C[C@@H]1CCO1)c1ccn2cncc2c1. The summed E-state index contributed by atoms with van der Waals surface area (Å²) in [5.74, 6) is 1.19. The number of imidazole rings is 2. The molecule has 1 amide bonds. The van der Waals surface area contributed by atoms with Crippen molar-refractivity contribution in [3.05, 3.63) is 119 Å². The third-order valence-electron chi connectivity index (χ3n) is 9.45. The molecule has 10 nitrogen and oxygen atoms in total. The van der Waals surface area contributed by atoms with Gasteiger partial charge in [-0.25, -0.2) is 19.3 Å². The van der Waals surface area contributed by atoms with E-state index < -0.39 is 5.82 Å². The van der Waals surface area contributed by atoms with Crippen molar-refractivity contribution < 1.29 is 18.7 Å². The van der Waals surface area contributed by atoms with Crippen molar-refractivity contribution in [2.45, 2.75) is 51.0 Å². The number of nitrogens with zero attached hydrogens (tertiary/aromatic N) is 6. The summed E-state index contributed by atoms with van der Waals surface area (Å²) in [4.78, 5) is 29.5. The van der Waals surface area contributed by atoms with Crippen molar-refractivity contribution in [3.8, 4) is 5.88 Å². The summed E-state index contributed by atoms with van der Waals surface area (Å²) in [6.45, 7) is 4.14. The second kappa shape index (κ2) is 13.6. The first-order valence-corrected chi connectivity index (χ1v) is 16.9. The lowest BCUT2D eigenvalue weighted by atomic mass is 9.93. The predicted octanol–water partition coefficient (Wildman–Crippen LogP) is 6.87. The molecule has 1 atom stereocenters. The third-order valence-corrected chi connectivity index (χ3v) is 9.68. The van der Waals surface area contributed by atoms with Gasteiger partial charge in [-0.2, -0.15) is 0 Å². The minimum absolute atomic E-state index is 0.0845. The summed E-state index contributed by atoms with van der Waals surface area (Å²) < 4.78 is 30.0. The molecule has 0 saturated carbocycles. The summed E-state index contributed by atoms with van der Waals surface area (Å²) in [5.41, 5.74) is 5.40. The highest BCUT2D eigenvalue weighted by Crippen LogP contribution is 2.30. The fourth-order valence-electron chi connectivity index (χ4n) is 6.59. The van der Waals surface area contributed by atoms with E-state index in [2.05, 4.69) is 19.8 Å². The molecule has 0 bridgehead atoms. The topological polar surface area (TPSA) is 98.8 Å². The van der Waals surface area contributed by atoms with Crippen molar-refractivity contribution in [1.29, 1.82) is 0 Å². The Morgan fingerprint density at radius 2 is 1.92 bits per heavy atom. The number of piperidine rings is 1. The molecule has 6 heterocycles. The molecule has 8 rings (SSSR count). The van der Waals surface area contributed by atoms with Crippen LogP contribution in [0.5, 0.6) is 5.88 Å². The van der Waals surface area contributed by atoms with Crippen LogP contribution in [0.2, 0.25) is 5.02 Å². The average Bonchev–Trinajstić information content (AvgIpc) is 3.70. The number of pyridine rings is 2. The molecule has 250 valence electrons. The Bertz CT molecular complexity index is 2140. The quantitative estimate of drug-likeness (QED) is 0.169. The van der Waals surface area contributed by atoms with E-state index in [1.807, 2.05) is 47.0 Å². The first-order chi connectivity index (χ1) is 23.9. The van der Waals surface area contributed by atoms with Gasteiger partial charge in [-0.15, -0.1) is 0 Å². The van der Waals surface area contributed by atoms with Gasteiger partial charge in [0.15, 0.2) is 0 Å². The van der Waals surface area contributed by atoms with Crippen LogP contribution < -0.4 is 10.1 Å². The zero-order chi connectivity index (χ0) is 33.3. The van der Waals surface area contributed by atoms with Gasteiger partial charge in [0.2, 0.25) is 5.88 Å². The minimum Gasteiger partial charge on any atom is -0.473 e. The molecule has 0 unspecified atom stereocenters. The Hall–Kier alpha value is -4.84. The van der Waals surface area contributed by atoms with Crippen LogP contribution in [0.15, 0.2) is 85.5 Å². The number of aromatic nitrogens is 5. The van der Waals surface area contributed by atoms with Gasteiger partial charge in [0.05, 0.1) is 48.3 Å². The molecule has 2 fully saturated rings. The highest BCUT2D eigenvalue weighted by Gasteiger charge is 2.26. The van der Waals surface area contributed by atoms with Crippen molar-refractivity contribution >= 4 is 39.7 Å². The highest BCUT2D eigenvalue weighted by atomic mass is 35.5. The van der Waals surface area contributed by atoms with E-state index in [-0.39, 0.29) is 18.6 Å². The largest absolute Gasteiger partial charge is 0.473 e. The van der Waals surface area contributed by atoms with Crippen molar-refractivity contribution in [1.82, 2.24) is 28.8 Å². The molecule has 0 aliphatic carbocycles. The Labute approximate surface area is 287 Å². The van der Waals surface area contributed by atoms with E-state index in [0.29, 0.717) is 40.2 Å². The Kier molecular flexibility index (Phi) is 8.71. The number of nitrogens with one attached hydrogen (secondary N) is 1. The van der Waals surface area contributed by atoms with Crippen molar-refractivity contribution in [2.24, 2.45) is 0 Å². The van der Waals surface area contributed by atoms with Crippen LogP contribution in [0, 0.1) is 5.82 Å². The monoisotopic (exact) mass is 679 g/mol. The maximum Gasteiger partial charge on any atom is 0.255 e. The van der Waals surface area contributed by atoms with E-state index in [4.69, 9.17) is 31.0 Å². The number of anilines is 1. The molecule has 6 aromatic rings. The molecule has 49 heavy (non-hydrogen) atoms. The maximum absolute atomic E-state index is 14.2. The third kappa shape index (κ3) is 6.87. The van der Waals surface area contributed by atoms with Crippen LogP contribution in [0.1, 0.15) is 52.6 Å². The highest BCUT2D eigenvalue weighted by molar-refractivity contribution is 6.30. The van der Waals surface area contributed by atoms with E-state index in [0.717, 1.165) is 73.6 Å². The average molecular weight is 680 g/mol. The Balaban J connectivity index is 0.933. The summed E-state index contributed by atoms with van der Waals surface area (Å²) in [5, 5.41) is 3.39. The van der Waals surface area contributed by atoms with Gasteiger partial charge in [0.1, 0.15) is 18.2 Å². The van der Waals surface area contributed by atoms with Crippen LogP contribution in [0.3, 0.4) is 0 Å². The van der Waals surface area contributed by atoms with Gasteiger partial charge in [0, 0.05) is 52.3 Å². The van der Waals surface area contributed by atoms with E-state index in [9.17, 15) is 9.18 Å². The number of halogens is 2. The van der Waals surface area contributed by atoms with Gasteiger partial charge >= 0.3 is 0 Å². The summed E-state index contributed by atoms with van der Waals surface area (Å²) in [6.07, 6.45) is 8.38. The number of likely N-dealkylation sites (tertiary alicyclic amines) is 1. The molecule has 1 N–H and O–H groups in total. The number of rotatable bonds is 10. The van der Waals surface area contributed by atoms with E-state index in [1.165, 1.54) is 6.07 Å². The fourth-order valence-corrected chi connectivity index (χ4v) is 6.75. The summed E-state index contributed by atoms with van der Waals surface area (Å²) in [6, 6.07) is 19.9. The number of carbonyl (C=O) groups is 1. The molecule has 2 aliphatic heterocycles. The number of fused-ring (bicyclic) bond motifs is 2. The van der Waals surface area contributed by atoms with Gasteiger partial charge in [0.25, 0.3) is 5.91 Å². The molecule has 0 spiro atoms. The van der Waals surface area contributed by atoms with Crippen molar-refractivity contribution in [3.63, 3.8) is 0 Å². The number of carbonyl (C=O) groups excluding carboxylic acids is 1. The zero-order valence-electron chi connectivity index (χ0n) is 26.8. The first kappa shape index (κ1) is 31.4. The number of amides is 1. The first-order valence-electron chi connectivity index (χ1n) is 16.5. The molecule has 2 aromatic carbocycles. The van der Waals surface area contributed by atoms with Crippen molar-refractivity contribution in [2.75, 3.05) is 25.0 Å². The lowest BCUT2D eigenvalue weighted by Gasteiger charge is -2.32. The zero-order valence-corrected chi connectivity index (χ0v) is 27.5. The Morgan fingerprint density at radius 3 is 2.73 bits per heavy atom. The number of hydrogen-bond donors (Lipinski definition) is 1. The normalized spacial score (nSPS) is 17.0. The van der Waals surface area contributed by atoms with Gasteiger partial charge in [-0.05, 0) is 80.9 Å². The second-order valence-corrected chi connectivity index (χ2v) is 13.1. The lowest BCUT2D eigenvalue weighted by Crippen LogP contribution is -2.35. The molecule has 2 aliphatic rings. The number of hydrogen-bond acceptors (Lipinski definition) is 7. The van der Waals surface area contributed by atoms with Crippen LogP contribution in [0.25, 0.3) is 16.6 Å². The van der Waals surface area contributed by atoms with E-state index in [1.54, 1.807) is 36.8 Å². The molecule has 4 aromatic heterocycles. The summed E-state index contributed by atoms with van der Waals surface area (Å²) >= 11 is 5.88. The van der Waals surface area contributed by atoms with Crippen LogP contribution >= 0.6 is 11.6 Å². The van der Waals surface area contributed by atoms with Gasteiger partial charge in [-0.3, -0.25) is 9.69 Å². The van der Waals surface area contributed by atoms with Crippen LogP contribution in [0.4, 0.5) is 10.1 Å². The Morgan fingerprint density at radius 1 is 1.04 bits per heavy atom.